The molecule has 0 radical (unpaired) electrons. The Morgan fingerprint density at radius 2 is 2.06 bits per heavy atom. The van der Waals surface area contributed by atoms with E-state index in [9.17, 15) is 23.9 Å². The van der Waals surface area contributed by atoms with Gasteiger partial charge in [0.05, 0.1) is 12.7 Å². The normalized spacial score (nSPS) is 25.8. The maximum atomic E-state index is 11.9. The summed E-state index contributed by atoms with van der Waals surface area (Å²) in [5.41, 5.74) is 1.05. The van der Waals surface area contributed by atoms with Crippen molar-refractivity contribution in [3.63, 3.8) is 0 Å². The first-order chi connectivity index (χ1) is 14.2. The van der Waals surface area contributed by atoms with Gasteiger partial charge in [-0.15, -0.1) is 0 Å². The Kier molecular flexibility index (Phi) is 9.78. The SMILES string of the molecule is Nc1ccn([C@H]2C[C@H](O)[C@@H](COP(=S)(OP(=O)(O)OP(=O)(O)O)SCCS)O2)c(=O)n1. The zero-order valence-corrected chi connectivity index (χ0v) is 20.6. The van der Waals surface area contributed by atoms with Crippen molar-refractivity contribution in [1.82, 2.24) is 9.55 Å². The van der Waals surface area contributed by atoms with Crippen LogP contribution in [-0.2, 0) is 38.8 Å². The molecule has 0 saturated carbocycles. The van der Waals surface area contributed by atoms with Crippen LogP contribution in [0.5, 0.6) is 0 Å². The topological polar surface area (TPSA) is 213 Å². The molecule has 1 fully saturated rings. The molecule has 1 aliphatic rings. The van der Waals surface area contributed by atoms with Crippen LogP contribution in [0.2, 0.25) is 0 Å². The Labute approximate surface area is 190 Å². The van der Waals surface area contributed by atoms with Gasteiger partial charge in [-0.3, -0.25) is 4.57 Å². The van der Waals surface area contributed by atoms with Crippen molar-refractivity contribution in [1.29, 1.82) is 0 Å². The number of ether oxygens (including phenoxy) is 1. The monoisotopic (exact) mass is 559 g/mol. The van der Waals surface area contributed by atoms with Crippen LogP contribution in [0.3, 0.4) is 0 Å². The van der Waals surface area contributed by atoms with Crippen LogP contribution in [0.1, 0.15) is 12.6 Å². The highest BCUT2D eigenvalue weighted by Gasteiger charge is 2.41. The summed E-state index contributed by atoms with van der Waals surface area (Å²) >= 11 is 9.93. The summed E-state index contributed by atoms with van der Waals surface area (Å²) in [6, 6.07) is 1.38. The molecule has 1 aromatic heterocycles. The molecular formula is C11H20N3O11P3S3. The van der Waals surface area contributed by atoms with Gasteiger partial charge in [0.25, 0.3) is 5.69 Å². The van der Waals surface area contributed by atoms with Crippen LogP contribution in [0.25, 0.3) is 0 Å². The van der Waals surface area contributed by atoms with Gasteiger partial charge < -0.3 is 34.8 Å². The lowest BCUT2D eigenvalue weighted by molar-refractivity contribution is -0.0401. The number of aromatic nitrogens is 2. The molecule has 14 nitrogen and oxygen atoms in total. The van der Waals surface area contributed by atoms with Gasteiger partial charge in [-0.2, -0.15) is 21.9 Å². The number of anilines is 1. The fourth-order valence-electron chi connectivity index (χ4n) is 2.36. The van der Waals surface area contributed by atoms with E-state index in [-0.39, 0.29) is 23.7 Å². The van der Waals surface area contributed by atoms with Gasteiger partial charge in [-0.25, -0.2) is 18.2 Å². The van der Waals surface area contributed by atoms with Crippen molar-refractivity contribution in [2.45, 2.75) is 24.9 Å². The third-order valence-corrected chi connectivity index (χ3v) is 12.8. The van der Waals surface area contributed by atoms with E-state index in [2.05, 4.69) is 21.9 Å². The summed E-state index contributed by atoms with van der Waals surface area (Å²) in [5.74, 6) is 0.506. The van der Waals surface area contributed by atoms with Crippen molar-refractivity contribution in [3.8, 4) is 0 Å². The van der Waals surface area contributed by atoms with E-state index in [1.807, 2.05) is 0 Å². The van der Waals surface area contributed by atoms with Crippen LogP contribution < -0.4 is 11.4 Å². The Hall–Kier alpha value is 0.170. The van der Waals surface area contributed by atoms with Crippen LogP contribution >= 0.6 is 45.3 Å². The van der Waals surface area contributed by atoms with Gasteiger partial charge in [0.15, 0.2) is 0 Å². The summed E-state index contributed by atoms with van der Waals surface area (Å²) in [5, 5.41) is 10.2. The van der Waals surface area contributed by atoms with E-state index in [0.29, 0.717) is 0 Å². The van der Waals surface area contributed by atoms with Gasteiger partial charge in [-0.05, 0) is 23.6 Å². The van der Waals surface area contributed by atoms with Crippen LogP contribution in [0.15, 0.2) is 17.1 Å². The quantitative estimate of drug-likeness (QED) is 0.162. The van der Waals surface area contributed by atoms with Crippen molar-refractivity contribution in [2.24, 2.45) is 0 Å². The third-order valence-electron chi connectivity index (χ3n) is 3.52. The highest BCUT2D eigenvalue weighted by Crippen LogP contribution is 2.73. The molecular weight excluding hydrogens is 539 g/mol. The molecule has 1 saturated heterocycles. The molecule has 2 unspecified atom stereocenters. The summed E-state index contributed by atoms with van der Waals surface area (Å²) < 4.78 is 43.4. The lowest BCUT2D eigenvalue weighted by Crippen LogP contribution is -2.28. The van der Waals surface area contributed by atoms with Crippen molar-refractivity contribution in [2.75, 3.05) is 23.8 Å². The summed E-state index contributed by atoms with van der Waals surface area (Å²) in [4.78, 5) is 42.6. The highest BCUT2D eigenvalue weighted by molar-refractivity contribution is 8.68. The second kappa shape index (κ2) is 11.1. The molecule has 0 aliphatic carbocycles. The van der Waals surface area contributed by atoms with Gasteiger partial charge in [0, 0.05) is 18.4 Å². The number of hydrogen-bond donors (Lipinski definition) is 6. The van der Waals surface area contributed by atoms with E-state index < -0.39 is 52.1 Å². The van der Waals surface area contributed by atoms with E-state index in [4.69, 9.17) is 40.9 Å². The predicted octanol–water partition coefficient (Wildman–Crippen LogP) is 0.604. The number of nitrogens with zero attached hydrogens (tertiary/aromatic N) is 2. The number of aliphatic hydroxyl groups excluding tert-OH is 1. The van der Waals surface area contributed by atoms with Gasteiger partial charge >= 0.3 is 21.3 Å². The molecule has 0 spiro atoms. The number of rotatable bonds is 11. The summed E-state index contributed by atoms with van der Waals surface area (Å²) in [6.07, 6.45) is -1.62. The lowest BCUT2D eigenvalue weighted by atomic mass is 10.2. The predicted molar refractivity (Wildman–Crippen MR) is 118 cm³/mol. The molecule has 20 heteroatoms. The van der Waals surface area contributed by atoms with Gasteiger partial charge in [-0.1, -0.05) is 11.4 Å². The summed E-state index contributed by atoms with van der Waals surface area (Å²) in [7, 11) is -10.6. The number of thiol groups is 1. The first-order valence-electron chi connectivity index (χ1n) is 8.23. The Bertz CT molecular complexity index is 975. The lowest BCUT2D eigenvalue weighted by Gasteiger charge is -2.25. The van der Waals surface area contributed by atoms with Gasteiger partial charge in [0.1, 0.15) is 18.1 Å². The molecule has 6 N–H and O–H groups in total. The zero-order valence-electron chi connectivity index (χ0n) is 15.4. The molecule has 178 valence electrons. The first-order valence-corrected chi connectivity index (χ1v) is 16.1. The van der Waals surface area contributed by atoms with Crippen LogP contribution in [0.4, 0.5) is 5.82 Å². The minimum atomic E-state index is -5.36. The van der Waals surface area contributed by atoms with Crippen molar-refractivity contribution < 1.29 is 46.8 Å². The number of phosphoric acid groups is 2. The standard InChI is InChI=1S/C11H20N3O11P3S3/c12-9-1-2-14(11(16)13-9)10-5-7(15)8(23-10)6-22-28(30,31-4-3-29)25-27(20,21)24-26(17,18)19/h1-2,7-8,10,15,29H,3-6H2,(H,20,21)(H2,12,13,16)(H2,17,18,19)/t7-,8+,10+,28?/m0/s1. The van der Waals surface area contributed by atoms with Crippen molar-refractivity contribution in [3.05, 3.63) is 22.7 Å². The third kappa shape index (κ3) is 8.80. The molecule has 5 atom stereocenters. The summed E-state index contributed by atoms with van der Waals surface area (Å²) in [6.45, 7) is -0.415. The van der Waals surface area contributed by atoms with Crippen LogP contribution in [0, 0.1) is 0 Å². The average molecular weight is 559 g/mol. The van der Waals surface area contributed by atoms with Crippen LogP contribution in [-0.4, -0.2) is 59.7 Å². The molecule has 2 rings (SSSR count). The molecule has 2 heterocycles. The maximum Gasteiger partial charge on any atom is 0.487 e. The number of nitrogens with two attached hydrogens (primary N) is 1. The number of nitrogen functional groups attached to an aromatic ring is 1. The first kappa shape index (κ1) is 27.4. The fourth-order valence-corrected chi connectivity index (χ4v) is 10.8. The molecule has 0 amide bonds. The zero-order chi connectivity index (χ0) is 23.4. The van der Waals surface area contributed by atoms with E-state index in [1.165, 1.54) is 12.3 Å². The second-order valence-electron chi connectivity index (χ2n) is 5.90. The second-order valence-corrected chi connectivity index (χ2v) is 15.7. The van der Waals surface area contributed by atoms with Crippen molar-refractivity contribution >= 4 is 63.0 Å². The van der Waals surface area contributed by atoms with E-state index in [0.717, 1.165) is 15.9 Å². The van der Waals surface area contributed by atoms with E-state index >= 15 is 0 Å². The largest absolute Gasteiger partial charge is 0.487 e. The van der Waals surface area contributed by atoms with E-state index in [1.54, 1.807) is 0 Å². The van der Waals surface area contributed by atoms with Gasteiger partial charge in [0.2, 0.25) is 0 Å². The number of aliphatic hydroxyl groups is 1. The Morgan fingerprint density at radius 3 is 2.65 bits per heavy atom. The minimum Gasteiger partial charge on any atom is -0.390 e. The average Bonchev–Trinajstić information content (AvgIpc) is 2.96. The highest BCUT2D eigenvalue weighted by atomic mass is 32.9. The molecule has 0 aromatic carbocycles. The molecule has 0 bridgehead atoms. The smallest absolute Gasteiger partial charge is 0.390 e. The Morgan fingerprint density at radius 1 is 1.39 bits per heavy atom. The molecule has 31 heavy (non-hydrogen) atoms. The molecule has 1 aromatic rings. The maximum absolute atomic E-state index is 11.9. The minimum absolute atomic E-state index is 0.00680. The Balaban J connectivity index is 2.08. The number of hydrogen-bond acceptors (Lipinski definition) is 13. The fraction of sp³-hybridized carbons (Fsp3) is 0.636. The molecule has 1 aliphatic heterocycles.